The molecule has 0 saturated carbocycles. The van der Waals surface area contributed by atoms with Gasteiger partial charge in [-0.2, -0.15) is 0 Å². The molecule has 0 aliphatic carbocycles. The number of carboxylic acid groups (broad SMARTS) is 2. The van der Waals surface area contributed by atoms with E-state index in [0.29, 0.717) is 11.4 Å². The summed E-state index contributed by atoms with van der Waals surface area (Å²) < 4.78 is 1.42. The van der Waals surface area contributed by atoms with E-state index < -0.39 is 11.9 Å². The fraction of sp³-hybridized carbons (Fsp3) is 0.167. The maximum atomic E-state index is 10.9. The van der Waals surface area contributed by atoms with Crippen LogP contribution in [0.15, 0.2) is 30.5 Å². The van der Waals surface area contributed by atoms with Gasteiger partial charge in [0, 0.05) is 6.42 Å². The van der Waals surface area contributed by atoms with Gasteiger partial charge < -0.3 is 10.2 Å². The lowest BCUT2D eigenvalue weighted by atomic mass is 10.2. The minimum atomic E-state index is -1.02. The number of carboxylic acids is 2. The smallest absolute Gasteiger partial charge is 0.335 e. The van der Waals surface area contributed by atoms with Crippen LogP contribution in [0.2, 0.25) is 0 Å². The average Bonchev–Trinajstić information content (AvgIpc) is 2.85. The average molecular weight is 261 g/mol. The Hall–Kier alpha value is -2.70. The molecule has 19 heavy (non-hydrogen) atoms. The fourth-order valence-electron chi connectivity index (χ4n) is 1.56. The Balaban J connectivity index is 2.20. The zero-order chi connectivity index (χ0) is 13.8. The Kier molecular flexibility index (Phi) is 3.56. The van der Waals surface area contributed by atoms with E-state index in [1.807, 2.05) is 0 Å². The van der Waals surface area contributed by atoms with Crippen LogP contribution in [0.5, 0.6) is 0 Å². The predicted octanol–water partition coefficient (Wildman–Crippen LogP) is 0.983. The van der Waals surface area contributed by atoms with Gasteiger partial charge in [0.2, 0.25) is 0 Å². The van der Waals surface area contributed by atoms with Gasteiger partial charge in [0.15, 0.2) is 0 Å². The number of benzene rings is 1. The van der Waals surface area contributed by atoms with E-state index in [1.165, 1.54) is 16.8 Å². The van der Waals surface area contributed by atoms with Crippen molar-refractivity contribution >= 4 is 11.9 Å². The van der Waals surface area contributed by atoms with Gasteiger partial charge in [0.25, 0.3) is 0 Å². The first kappa shape index (κ1) is 12.7. The minimum absolute atomic E-state index is 0.0200. The van der Waals surface area contributed by atoms with Crippen molar-refractivity contribution in [1.82, 2.24) is 15.0 Å². The number of nitrogens with zero attached hydrogens (tertiary/aromatic N) is 3. The predicted molar refractivity (Wildman–Crippen MR) is 64.3 cm³/mol. The van der Waals surface area contributed by atoms with Crippen molar-refractivity contribution in [3.63, 3.8) is 0 Å². The van der Waals surface area contributed by atoms with E-state index >= 15 is 0 Å². The van der Waals surface area contributed by atoms with Crippen LogP contribution in [0.1, 0.15) is 22.5 Å². The zero-order valence-corrected chi connectivity index (χ0v) is 9.85. The van der Waals surface area contributed by atoms with Gasteiger partial charge in [-0.25, -0.2) is 9.48 Å². The van der Waals surface area contributed by atoms with Crippen LogP contribution < -0.4 is 0 Å². The minimum Gasteiger partial charge on any atom is -0.481 e. The molecule has 1 aromatic heterocycles. The lowest BCUT2D eigenvalue weighted by Crippen LogP contribution is -2.00. The lowest BCUT2D eigenvalue weighted by Gasteiger charge is -2.00. The van der Waals surface area contributed by atoms with Gasteiger partial charge in [0.1, 0.15) is 0 Å². The third-order valence-electron chi connectivity index (χ3n) is 2.49. The molecule has 2 N–H and O–H groups in total. The third-order valence-corrected chi connectivity index (χ3v) is 2.49. The molecule has 0 fully saturated rings. The molecule has 0 atom stereocenters. The van der Waals surface area contributed by atoms with Crippen molar-refractivity contribution in [3.05, 3.63) is 41.7 Å². The summed E-state index contributed by atoms with van der Waals surface area (Å²) in [5.41, 5.74) is 1.26. The van der Waals surface area contributed by atoms with Crippen LogP contribution in [0, 0.1) is 0 Å². The maximum absolute atomic E-state index is 10.9. The SMILES string of the molecule is O=C(O)CCc1cn(-c2cccc(C(=O)O)c2)nn1. The van der Waals surface area contributed by atoms with Gasteiger partial charge in [0.05, 0.1) is 29.6 Å². The molecule has 0 amide bonds. The second kappa shape index (κ2) is 5.30. The highest BCUT2D eigenvalue weighted by Crippen LogP contribution is 2.10. The summed E-state index contributed by atoms with van der Waals surface area (Å²) in [6.45, 7) is 0. The van der Waals surface area contributed by atoms with Crippen LogP contribution in [-0.4, -0.2) is 37.1 Å². The van der Waals surface area contributed by atoms with Gasteiger partial charge in [-0.1, -0.05) is 11.3 Å². The highest BCUT2D eigenvalue weighted by Gasteiger charge is 2.08. The second-order valence-corrected chi connectivity index (χ2v) is 3.90. The van der Waals surface area contributed by atoms with Gasteiger partial charge >= 0.3 is 11.9 Å². The molecule has 1 heterocycles. The van der Waals surface area contributed by atoms with Crippen LogP contribution in [-0.2, 0) is 11.2 Å². The molecule has 0 saturated heterocycles. The normalized spacial score (nSPS) is 10.3. The molecule has 98 valence electrons. The number of aromatic carboxylic acids is 1. The van der Waals surface area contributed by atoms with Crippen molar-refractivity contribution in [2.24, 2.45) is 0 Å². The molecule has 2 aromatic rings. The van der Waals surface area contributed by atoms with Crippen molar-refractivity contribution in [2.75, 3.05) is 0 Å². The zero-order valence-electron chi connectivity index (χ0n) is 9.85. The maximum Gasteiger partial charge on any atom is 0.335 e. The number of carbonyl (C=O) groups is 2. The molecular formula is C12H11N3O4. The number of hydrogen-bond acceptors (Lipinski definition) is 4. The summed E-state index contributed by atoms with van der Waals surface area (Å²) in [5.74, 6) is -1.92. The van der Waals surface area contributed by atoms with E-state index in [0.717, 1.165) is 0 Å². The molecule has 2 rings (SSSR count). The summed E-state index contributed by atoms with van der Waals surface area (Å²) in [4.78, 5) is 21.3. The van der Waals surface area contributed by atoms with Crippen molar-refractivity contribution in [2.45, 2.75) is 12.8 Å². The van der Waals surface area contributed by atoms with Crippen molar-refractivity contribution in [1.29, 1.82) is 0 Å². The first-order chi connectivity index (χ1) is 9.06. The second-order valence-electron chi connectivity index (χ2n) is 3.90. The number of aryl methyl sites for hydroxylation is 1. The van der Waals surface area contributed by atoms with Crippen LogP contribution in [0.4, 0.5) is 0 Å². The fourth-order valence-corrected chi connectivity index (χ4v) is 1.56. The van der Waals surface area contributed by atoms with E-state index in [1.54, 1.807) is 18.3 Å². The highest BCUT2D eigenvalue weighted by molar-refractivity contribution is 5.88. The summed E-state index contributed by atoms with van der Waals surface area (Å²) in [6, 6.07) is 6.26. The van der Waals surface area contributed by atoms with Gasteiger partial charge in [-0.05, 0) is 18.2 Å². The Morgan fingerprint density at radius 1 is 1.26 bits per heavy atom. The standard InChI is InChI=1S/C12H11N3O4/c16-11(17)5-4-9-7-15(14-13-9)10-3-1-2-8(6-10)12(18)19/h1-3,6-7H,4-5H2,(H,16,17)(H,18,19). The Morgan fingerprint density at radius 2 is 2.05 bits per heavy atom. The van der Waals surface area contributed by atoms with E-state index in [9.17, 15) is 9.59 Å². The highest BCUT2D eigenvalue weighted by atomic mass is 16.4. The summed E-state index contributed by atoms with van der Waals surface area (Å²) in [7, 11) is 0. The van der Waals surface area contributed by atoms with Crippen molar-refractivity contribution in [3.8, 4) is 5.69 Å². The van der Waals surface area contributed by atoms with Crippen molar-refractivity contribution < 1.29 is 19.8 Å². The molecule has 0 aliphatic heterocycles. The lowest BCUT2D eigenvalue weighted by molar-refractivity contribution is -0.136. The van der Waals surface area contributed by atoms with E-state index in [2.05, 4.69) is 10.3 Å². The molecule has 0 spiro atoms. The van der Waals surface area contributed by atoms with E-state index in [-0.39, 0.29) is 18.4 Å². The monoisotopic (exact) mass is 261 g/mol. The topological polar surface area (TPSA) is 105 Å². The molecular weight excluding hydrogens is 250 g/mol. The van der Waals surface area contributed by atoms with Crippen LogP contribution >= 0.6 is 0 Å². The number of aliphatic carboxylic acids is 1. The van der Waals surface area contributed by atoms with Gasteiger partial charge in [-0.3, -0.25) is 4.79 Å². The summed E-state index contributed by atoms with van der Waals surface area (Å²) in [6.07, 6.45) is 1.85. The number of hydrogen-bond donors (Lipinski definition) is 2. The molecule has 0 radical (unpaired) electrons. The Labute approximate surface area is 108 Å². The summed E-state index contributed by atoms with van der Waals surface area (Å²) in [5, 5.41) is 25.2. The molecule has 7 nitrogen and oxygen atoms in total. The number of rotatable bonds is 5. The molecule has 0 unspecified atom stereocenters. The van der Waals surface area contributed by atoms with Crippen LogP contribution in [0.3, 0.4) is 0 Å². The molecule has 1 aromatic carbocycles. The quantitative estimate of drug-likeness (QED) is 0.831. The van der Waals surface area contributed by atoms with Gasteiger partial charge in [-0.15, -0.1) is 5.10 Å². The third kappa shape index (κ3) is 3.15. The largest absolute Gasteiger partial charge is 0.481 e. The first-order valence-corrected chi connectivity index (χ1v) is 5.53. The Bertz CT molecular complexity index is 621. The van der Waals surface area contributed by atoms with Crippen LogP contribution in [0.25, 0.3) is 5.69 Å². The molecule has 0 aliphatic rings. The molecule has 0 bridgehead atoms. The van der Waals surface area contributed by atoms with E-state index in [4.69, 9.17) is 10.2 Å². The Morgan fingerprint density at radius 3 is 2.74 bits per heavy atom. The first-order valence-electron chi connectivity index (χ1n) is 5.53. The number of aromatic nitrogens is 3. The summed E-state index contributed by atoms with van der Waals surface area (Å²) >= 11 is 0. The molecule has 7 heteroatoms.